The summed E-state index contributed by atoms with van der Waals surface area (Å²) in [6, 6.07) is 38.1. The summed E-state index contributed by atoms with van der Waals surface area (Å²) < 4.78 is 35.1. The number of benzene rings is 3. The fraction of sp³-hybridized carbons (Fsp3) is 0.0500. The average molecular weight is 613 g/mol. The summed E-state index contributed by atoms with van der Waals surface area (Å²) in [5.41, 5.74) is 9.37. The Hall–Kier alpha value is -6.34. The molecule has 9 aromatic rings. The van der Waals surface area contributed by atoms with Crippen molar-refractivity contribution in [2.45, 2.75) is 13.8 Å². The molecule has 6 aromatic heterocycles. The molecule has 0 amide bonds. The van der Waals surface area contributed by atoms with Gasteiger partial charge in [0.2, 0.25) is 11.4 Å². The molecule has 0 fully saturated rings. The van der Waals surface area contributed by atoms with Gasteiger partial charge in [0.1, 0.15) is 0 Å². The monoisotopic (exact) mass is 612 g/mol. The Kier molecular flexibility index (Phi) is 5.42. The number of aryl methyl sites for hydroxylation is 2. The summed E-state index contributed by atoms with van der Waals surface area (Å²) in [5.74, 6) is 0. The first-order valence-electron chi connectivity index (χ1n) is 16.7. The van der Waals surface area contributed by atoms with E-state index in [0.717, 1.165) is 66.8 Å². The number of furan rings is 2. The minimum atomic E-state index is -2.32. The highest BCUT2D eigenvalue weighted by Crippen LogP contribution is 2.39. The third-order valence-electron chi connectivity index (χ3n) is 8.40. The van der Waals surface area contributed by atoms with Crippen LogP contribution in [0.1, 0.15) is 15.5 Å². The second-order valence-corrected chi connectivity index (χ2v) is 11.5. The molecule has 0 aliphatic carbocycles. The van der Waals surface area contributed by atoms with Crippen molar-refractivity contribution in [1.82, 2.24) is 19.9 Å². The standard InChI is InChI=1S/C40H27N5O2/c1-24-14-16-31-33-20-35(41-22-37(33)46-39(31)43-24)26-8-6-12-29(18-26)45(28-10-4-3-5-11-28)30-13-7-9-27(19-30)36-21-34-32-17-15-25(2)44-40(32)47-38(34)23-42-36/h3-23H,1-2H3/i1D3. The number of pyridine rings is 4. The minimum absolute atomic E-state index is 0.00584. The number of aromatic nitrogens is 4. The van der Waals surface area contributed by atoms with E-state index in [4.69, 9.17) is 22.9 Å². The maximum atomic E-state index is 7.72. The molecule has 7 heteroatoms. The predicted molar refractivity (Wildman–Crippen MR) is 187 cm³/mol. The van der Waals surface area contributed by atoms with Crippen LogP contribution >= 0.6 is 0 Å². The van der Waals surface area contributed by atoms with E-state index in [9.17, 15) is 0 Å². The fourth-order valence-corrected chi connectivity index (χ4v) is 6.17. The lowest BCUT2D eigenvalue weighted by molar-refractivity contribution is 0.650. The number of nitrogens with zero attached hydrogens (tertiary/aromatic N) is 5. The molecule has 0 aliphatic heterocycles. The van der Waals surface area contributed by atoms with Crippen LogP contribution in [0.25, 0.3) is 66.7 Å². The Morgan fingerprint density at radius 3 is 1.64 bits per heavy atom. The number of para-hydroxylation sites is 1. The van der Waals surface area contributed by atoms with Gasteiger partial charge in [-0.15, -0.1) is 0 Å². The van der Waals surface area contributed by atoms with Crippen molar-refractivity contribution in [2.75, 3.05) is 4.90 Å². The van der Waals surface area contributed by atoms with Crippen LogP contribution in [0.3, 0.4) is 0 Å². The molecule has 0 unspecified atom stereocenters. The second-order valence-electron chi connectivity index (χ2n) is 11.5. The van der Waals surface area contributed by atoms with E-state index in [1.165, 1.54) is 6.07 Å². The van der Waals surface area contributed by atoms with Crippen LogP contribution in [0.4, 0.5) is 17.1 Å². The molecule has 6 heterocycles. The zero-order chi connectivity index (χ0) is 34.0. The van der Waals surface area contributed by atoms with E-state index < -0.39 is 6.85 Å². The molecule has 0 saturated heterocycles. The van der Waals surface area contributed by atoms with Gasteiger partial charge in [-0.3, -0.25) is 9.97 Å². The Morgan fingerprint density at radius 2 is 1.06 bits per heavy atom. The quantitative estimate of drug-likeness (QED) is 0.191. The molecule has 0 N–H and O–H groups in total. The van der Waals surface area contributed by atoms with Crippen LogP contribution in [0.5, 0.6) is 0 Å². The fourth-order valence-electron chi connectivity index (χ4n) is 6.17. The van der Waals surface area contributed by atoms with Crippen molar-refractivity contribution < 1.29 is 12.9 Å². The highest BCUT2D eigenvalue weighted by Gasteiger charge is 2.17. The molecule has 0 saturated carbocycles. The van der Waals surface area contributed by atoms with Crippen molar-refractivity contribution in [3.63, 3.8) is 0 Å². The highest BCUT2D eigenvalue weighted by molar-refractivity contribution is 6.05. The number of hydrogen-bond acceptors (Lipinski definition) is 7. The Bertz CT molecular complexity index is 2740. The smallest absolute Gasteiger partial charge is 0.227 e. The van der Waals surface area contributed by atoms with Crippen LogP contribution in [0.2, 0.25) is 0 Å². The number of hydrogen-bond donors (Lipinski definition) is 0. The van der Waals surface area contributed by atoms with Crippen molar-refractivity contribution in [3.05, 3.63) is 139 Å². The molecule has 9 rings (SSSR count). The van der Waals surface area contributed by atoms with E-state index in [2.05, 4.69) is 63.4 Å². The molecular weight excluding hydrogens is 582 g/mol. The molecule has 7 nitrogen and oxygen atoms in total. The average Bonchev–Trinajstić information content (AvgIpc) is 3.68. The van der Waals surface area contributed by atoms with Gasteiger partial charge in [-0.1, -0.05) is 42.5 Å². The minimum Gasteiger partial charge on any atom is -0.436 e. The summed E-state index contributed by atoms with van der Waals surface area (Å²) in [7, 11) is 0. The van der Waals surface area contributed by atoms with Crippen molar-refractivity contribution in [1.29, 1.82) is 0 Å². The summed E-state index contributed by atoms with van der Waals surface area (Å²) in [5, 5.41) is 3.48. The van der Waals surface area contributed by atoms with Gasteiger partial charge in [0, 0.05) is 65.2 Å². The first kappa shape index (κ1) is 24.0. The normalized spacial score (nSPS) is 12.8. The SMILES string of the molecule is [2H]C([2H])([2H])c1ccc2c(n1)oc1cnc(-c3cccc(N(c4ccccc4)c4cccc(-c5cc6c(cn5)oc5nc(C)ccc56)c4)c3)cc12. The summed E-state index contributed by atoms with van der Waals surface area (Å²) in [6.45, 7) is -0.374. The predicted octanol–water partition coefficient (Wildman–Crippen LogP) is 10.5. The highest BCUT2D eigenvalue weighted by atomic mass is 16.3. The van der Waals surface area contributed by atoms with Crippen LogP contribution in [0, 0.1) is 13.8 Å². The maximum absolute atomic E-state index is 7.72. The molecule has 47 heavy (non-hydrogen) atoms. The molecular formula is C40H27N5O2. The molecule has 0 atom stereocenters. The third kappa shape index (κ3) is 4.68. The van der Waals surface area contributed by atoms with Crippen LogP contribution in [-0.4, -0.2) is 19.9 Å². The molecule has 0 spiro atoms. The van der Waals surface area contributed by atoms with E-state index in [1.54, 1.807) is 18.5 Å². The Morgan fingerprint density at radius 1 is 0.532 bits per heavy atom. The van der Waals surface area contributed by atoms with Gasteiger partial charge < -0.3 is 13.7 Å². The molecule has 3 aromatic carbocycles. The first-order chi connectivity index (χ1) is 24.3. The van der Waals surface area contributed by atoms with Crippen molar-refractivity contribution >= 4 is 61.2 Å². The van der Waals surface area contributed by atoms with Gasteiger partial charge in [0.25, 0.3) is 0 Å². The largest absolute Gasteiger partial charge is 0.436 e. The zero-order valence-corrected chi connectivity index (χ0v) is 25.2. The van der Waals surface area contributed by atoms with Gasteiger partial charge in [-0.05, 0) is 86.6 Å². The third-order valence-corrected chi connectivity index (χ3v) is 8.40. The van der Waals surface area contributed by atoms with Gasteiger partial charge in [-0.25, -0.2) is 9.97 Å². The van der Waals surface area contributed by atoms with Crippen molar-refractivity contribution in [2.24, 2.45) is 0 Å². The van der Waals surface area contributed by atoms with E-state index >= 15 is 0 Å². The van der Waals surface area contributed by atoms with Gasteiger partial charge in [0.05, 0.1) is 23.8 Å². The summed E-state index contributed by atoms with van der Waals surface area (Å²) in [6.07, 6.45) is 3.43. The second kappa shape index (κ2) is 10.6. The lowest BCUT2D eigenvalue weighted by Crippen LogP contribution is -2.10. The maximum Gasteiger partial charge on any atom is 0.227 e. The van der Waals surface area contributed by atoms with E-state index in [0.29, 0.717) is 16.9 Å². The van der Waals surface area contributed by atoms with Crippen LogP contribution < -0.4 is 4.90 Å². The van der Waals surface area contributed by atoms with E-state index in [1.807, 2.05) is 61.5 Å². The molecule has 0 radical (unpaired) electrons. The number of anilines is 3. The van der Waals surface area contributed by atoms with Gasteiger partial charge in [0.15, 0.2) is 11.2 Å². The Balaban J connectivity index is 1.13. The Labute approximate surface area is 274 Å². The lowest BCUT2D eigenvalue weighted by atomic mass is 10.1. The topological polar surface area (TPSA) is 81.1 Å². The summed E-state index contributed by atoms with van der Waals surface area (Å²) >= 11 is 0. The lowest BCUT2D eigenvalue weighted by Gasteiger charge is -2.26. The zero-order valence-electron chi connectivity index (χ0n) is 28.2. The number of fused-ring (bicyclic) bond motifs is 6. The van der Waals surface area contributed by atoms with Crippen LogP contribution in [-0.2, 0) is 0 Å². The van der Waals surface area contributed by atoms with Crippen molar-refractivity contribution in [3.8, 4) is 22.5 Å². The molecule has 0 aliphatic rings. The van der Waals surface area contributed by atoms with Crippen LogP contribution in [0.15, 0.2) is 136 Å². The summed E-state index contributed by atoms with van der Waals surface area (Å²) in [4.78, 5) is 20.5. The first-order valence-corrected chi connectivity index (χ1v) is 15.2. The van der Waals surface area contributed by atoms with Gasteiger partial charge >= 0.3 is 0 Å². The molecule has 0 bridgehead atoms. The van der Waals surface area contributed by atoms with E-state index in [-0.39, 0.29) is 11.4 Å². The number of rotatable bonds is 5. The molecule has 224 valence electrons. The van der Waals surface area contributed by atoms with Gasteiger partial charge in [-0.2, -0.15) is 0 Å².